The number of aliphatic imine (C=N–C) groups is 1. The normalized spacial score (nSPS) is 21.2. The van der Waals surface area contributed by atoms with Crippen LogP contribution in [0.25, 0.3) is 16.7 Å². The van der Waals surface area contributed by atoms with Crippen LogP contribution in [0.1, 0.15) is 23.2 Å². The van der Waals surface area contributed by atoms with Gasteiger partial charge < -0.3 is 19.9 Å². The van der Waals surface area contributed by atoms with Gasteiger partial charge in [-0.05, 0) is 53.5 Å². The summed E-state index contributed by atoms with van der Waals surface area (Å²) in [6.07, 6.45) is 4.65. The van der Waals surface area contributed by atoms with Crippen LogP contribution in [0.4, 0.5) is 0 Å². The Morgan fingerprint density at radius 3 is 2.66 bits per heavy atom. The summed E-state index contributed by atoms with van der Waals surface area (Å²) in [4.78, 5) is 9.45. The molecule has 0 saturated carbocycles. The minimum Gasteiger partial charge on any atom is -0.462 e. The maximum Gasteiger partial charge on any atom is 0.283 e. The summed E-state index contributed by atoms with van der Waals surface area (Å²) >= 11 is 6.23. The Labute approximate surface area is 190 Å². The first kappa shape index (κ1) is 19.3. The number of amidine groups is 1. The van der Waals surface area contributed by atoms with Crippen LogP contribution in [0.5, 0.6) is 11.5 Å². The summed E-state index contributed by atoms with van der Waals surface area (Å²) < 4.78 is 17.4. The number of rotatable bonds is 2. The molecule has 1 aromatic heterocycles. The molecule has 0 saturated heterocycles. The van der Waals surface area contributed by atoms with Crippen LogP contribution in [-0.2, 0) is 15.0 Å². The molecule has 32 heavy (non-hydrogen) atoms. The van der Waals surface area contributed by atoms with E-state index in [2.05, 4.69) is 17.1 Å². The number of hydrogen-bond donors (Lipinski definition) is 1. The predicted molar refractivity (Wildman–Crippen MR) is 123 cm³/mol. The van der Waals surface area contributed by atoms with Crippen molar-refractivity contribution in [1.82, 2.24) is 4.98 Å². The smallest absolute Gasteiger partial charge is 0.283 e. The van der Waals surface area contributed by atoms with Crippen LogP contribution in [0, 0.1) is 0 Å². The van der Waals surface area contributed by atoms with E-state index >= 15 is 0 Å². The number of pyridine rings is 1. The third-order valence-electron chi connectivity index (χ3n) is 6.14. The summed E-state index contributed by atoms with van der Waals surface area (Å²) in [6, 6.07) is 16.0. The fraction of sp³-hybridized carbons (Fsp3) is 0.200. The predicted octanol–water partition coefficient (Wildman–Crippen LogP) is 4.90. The molecule has 7 heteroatoms. The second kappa shape index (κ2) is 7.36. The first-order valence-corrected chi connectivity index (χ1v) is 10.8. The minimum atomic E-state index is -0.801. The third kappa shape index (κ3) is 3.06. The molecule has 1 atom stereocenters. The number of halogens is 1. The number of ether oxygens (including phenoxy) is 3. The SMILES string of the molecule is NC1=N[C@@]2(CO1)c1cc(-c3cccc(Cl)c3)ccc1Oc1cnc(C3=CCOCC3)cc12. The van der Waals surface area contributed by atoms with Gasteiger partial charge in [0.1, 0.15) is 12.4 Å². The summed E-state index contributed by atoms with van der Waals surface area (Å²) in [5.41, 5.74) is 11.1. The van der Waals surface area contributed by atoms with Crippen molar-refractivity contribution in [2.24, 2.45) is 10.7 Å². The molecule has 2 N–H and O–H groups in total. The molecule has 4 heterocycles. The average molecular weight is 446 g/mol. The zero-order valence-corrected chi connectivity index (χ0v) is 17.9. The van der Waals surface area contributed by atoms with E-state index in [9.17, 15) is 0 Å². The van der Waals surface area contributed by atoms with Gasteiger partial charge in [-0.25, -0.2) is 4.99 Å². The largest absolute Gasteiger partial charge is 0.462 e. The maximum atomic E-state index is 6.26. The molecule has 1 spiro atoms. The van der Waals surface area contributed by atoms with Crippen molar-refractivity contribution in [3.63, 3.8) is 0 Å². The number of fused-ring (bicyclic) bond motifs is 4. The van der Waals surface area contributed by atoms with Crippen LogP contribution in [0.3, 0.4) is 0 Å². The van der Waals surface area contributed by atoms with E-state index in [1.807, 2.05) is 42.5 Å². The molecule has 0 unspecified atom stereocenters. The topological polar surface area (TPSA) is 79.0 Å². The number of aromatic nitrogens is 1. The van der Waals surface area contributed by atoms with Crippen molar-refractivity contribution in [1.29, 1.82) is 0 Å². The Morgan fingerprint density at radius 1 is 1.00 bits per heavy atom. The molecule has 6 nitrogen and oxygen atoms in total. The van der Waals surface area contributed by atoms with Crippen molar-refractivity contribution in [3.8, 4) is 22.6 Å². The number of hydrogen-bond acceptors (Lipinski definition) is 6. The van der Waals surface area contributed by atoms with Gasteiger partial charge in [-0.2, -0.15) is 0 Å². The standard InChI is InChI=1S/C25H20ClN3O3/c26-18-3-1-2-16(10-18)17-4-5-22-19(11-17)25(14-31-24(27)29-25)20-12-21(28-13-23(20)32-22)15-6-8-30-9-7-15/h1-6,10-13H,7-9,14H2,(H2,27,29)/t25-/m0/s1. The van der Waals surface area contributed by atoms with Crippen LogP contribution in [0.15, 0.2) is 65.8 Å². The highest BCUT2D eigenvalue weighted by atomic mass is 35.5. The zero-order chi connectivity index (χ0) is 21.7. The lowest BCUT2D eigenvalue weighted by atomic mass is 9.80. The highest BCUT2D eigenvalue weighted by Gasteiger charge is 2.47. The fourth-order valence-corrected chi connectivity index (χ4v) is 4.73. The number of nitrogens with zero attached hydrogens (tertiary/aromatic N) is 2. The lowest BCUT2D eigenvalue weighted by Crippen LogP contribution is -2.31. The molecular weight excluding hydrogens is 426 g/mol. The van der Waals surface area contributed by atoms with E-state index in [0.29, 0.717) is 36.3 Å². The number of nitrogens with two attached hydrogens (primary N) is 1. The van der Waals surface area contributed by atoms with Gasteiger partial charge >= 0.3 is 0 Å². The molecule has 3 aliphatic rings. The molecule has 2 aromatic carbocycles. The Kier molecular flexibility index (Phi) is 4.45. The van der Waals surface area contributed by atoms with Gasteiger partial charge in [-0.1, -0.05) is 35.9 Å². The van der Waals surface area contributed by atoms with Gasteiger partial charge in [0.05, 0.1) is 25.1 Å². The fourth-order valence-electron chi connectivity index (χ4n) is 4.54. The molecule has 6 rings (SSSR count). The molecule has 3 aliphatic heterocycles. The van der Waals surface area contributed by atoms with Crippen LogP contribution >= 0.6 is 11.6 Å². The lowest BCUT2D eigenvalue weighted by Gasteiger charge is -2.34. The second-order valence-electron chi connectivity index (χ2n) is 8.04. The Bertz CT molecular complexity index is 1300. The van der Waals surface area contributed by atoms with E-state index in [4.69, 9.17) is 36.5 Å². The quantitative estimate of drug-likeness (QED) is 0.607. The van der Waals surface area contributed by atoms with Crippen LogP contribution in [-0.4, -0.2) is 30.8 Å². The van der Waals surface area contributed by atoms with Gasteiger partial charge in [-0.3, -0.25) is 4.98 Å². The first-order chi connectivity index (χ1) is 15.6. The first-order valence-electron chi connectivity index (χ1n) is 10.5. The van der Waals surface area contributed by atoms with Gasteiger partial charge in [-0.15, -0.1) is 0 Å². The van der Waals surface area contributed by atoms with Crippen molar-refractivity contribution < 1.29 is 14.2 Å². The van der Waals surface area contributed by atoms with Crippen molar-refractivity contribution >= 4 is 23.2 Å². The summed E-state index contributed by atoms with van der Waals surface area (Å²) in [5, 5.41) is 0.684. The monoisotopic (exact) mass is 445 g/mol. The van der Waals surface area contributed by atoms with Gasteiger partial charge in [0.25, 0.3) is 6.02 Å². The Balaban J connectivity index is 1.53. The average Bonchev–Trinajstić information content (AvgIpc) is 3.22. The van der Waals surface area contributed by atoms with Crippen molar-refractivity contribution in [2.75, 3.05) is 19.8 Å². The summed E-state index contributed by atoms with van der Waals surface area (Å²) in [5.74, 6) is 1.37. The minimum absolute atomic E-state index is 0.167. The third-order valence-corrected chi connectivity index (χ3v) is 6.37. The molecule has 0 aliphatic carbocycles. The van der Waals surface area contributed by atoms with Crippen molar-refractivity contribution in [3.05, 3.63) is 82.6 Å². The van der Waals surface area contributed by atoms with E-state index in [1.54, 1.807) is 6.20 Å². The zero-order valence-electron chi connectivity index (χ0n) is 17.2. The molecule has 0 amide bonds. The Morgan fingerprint density at radius 2 is 1.88 bits per heavy atom. The van der Waals surface area contributed by atoms with Gasteiger partial charge in [0, 0.05) is 16.1 Å². The van der Waals surface area contributed by atoms with Crippen LogP contribution < -0.4 is 10.5 Å². The lowest BCUT2D eigenvalue weighted by molar-refractivity contribution is 0.161. The van der Waals surface area contributed by atoms with E-state index < -0.39 is 5.54 Å². The second-order valence-corrected chi connectivity index (χ2v) is 8.48. The van der Waals surface area contributed by atoms with Gasteiger partial charge in [0.15, 0.2) is 11.3 Å². The molecule has 0 radical (unpaired) electrons. The van der Waals surface area contributed by atoms with E-state index in [-0.39, 0.29) is 6.02 Å². The van der Waals surface area contributed by atoms with Crippen LogP contribution in [0.2, 0.25) is 5.02 Å². The van der Waals surface area contributed by atoms with Gasteiger partial charge in [0.2, 0.25) is 0 Å². The highest BCUT2D eigenvalue weighted by Crippen LogP contribution is 2.52. The molecule has 160 valence electrons. The van der Waals surface area contributed by atoms with Crippen molar-refractivity contribution in [2.45, 2.75) is 12.0 Å². The van der Waals surface area contributed by atoms with E-state index in [1.165, 1.54) is 0 Å². The maximum absolute atomic E-state index is 6.26. The van der Waals surface area contributed by atoms with E-state index in [0.717, 1.165) is 39.9 Å². The summed E-state index contributed by atoms with van der Waals surface area (Å²) in [7, 11) is 0. The number of benzene rings is 2. The molecule has 0 bridgehead atoms. The molecule has 3 aromatic rings. The molecular formula is C25H20ClN3O3. The summed E-state index contributed by atoms with van der Waals surface area (Å²) in [6.45, 7) is 1.58. The molecule has 0 fully saturated rings. The highest BCUT2D eigenvalue weighted by molar-refractivity contribution is 6.30. The Hall–Kier alpha value is -3.35.